The molecule has 3 nitrogen and oxygen atoms in total. The minimum absolute atomic E-state index is 0.0384. The Hall–Kier alpha value is -1.64. The lowest BCUT2D eigenvalue weighted by Gasteiger charge is -2.09. The Balaban J connectivity index is 2.81. The van der Waals surface area contributed by atoms with Crippen molar-refractivity contribution in [3.8, 4) is 5.75 Å². The third kappa shape index (κ3) is 3.85. The molecule has 1 rings (SSSR count). The van der Waals surface area contributed by atoms with Gasteiger partial charge in [-0.2, -0.15) is 0 Å². The van der Waals surface area contributed by atoms with Crippen LogP contribution in [0.4, 0.5) is 0 Å². The zero-order chi connectivity index (χ0) is 12.0. The number of carbonyl (C=O) groups excluding carboxylic acids is 1. The van der Waals surface area contributed by atoms with Crippen LogP contribution in [0.2, 0.25) is 0 Å². The van der Waals surface area contributed by atoms with Crippen molar-refractivity contribution in [1.29, 1.82) is 0 Å². The van der Waals surface area contributed by atoms with E-state index in [9.17, 15) is 4.79 Å². The minimum atomic E-state index is -0.0384. The lowest BCUT2D eigenvalue weighted by Crippen LogP contribution is -2.06. The SMILES string of the molecule is CC/C=C/C(=O)c1cncc(OC(C)C)c1. The van der Waals surface area contributed by atoms with Gasteiger partial charge in [-0.15, -0.1) is 0 Å². The Morgan fingerprint density at radius 3 is 2.88 bits per heavy atom. The number of ketones is 1. The van der Waals surface area contributed by atoms with Crippen LogP contribution >= 0.6 is 0 Å². The van der Waals surface area contributed by atoms with E-state index in [0.717, 1.165) is 6.42 Å². The fourth-order valence-electron chi connectivity index (χ4n) is 1.21. The molecule has 0 amide bonds. The van der Waals surface area contributed by atoms with Crippen molar-refractivity contribution in [2.45, 2.75) is 33.3 Å². The standard InChI is InChI=1S/C13H17NO2/c1-4-5-6-13(15)11-7-12(9-14-8-11)16-10(2)3/h5-10H,4H2,1-3H3/b6-5+. The van der Waals surface area contributed by atoms with Crippen LogP contribution in [-0.4, -0.2) is 16.9 Å². The maximum Gasteiger partial charge on any atom is 0.187 e. The van der Waals surface area contributed by atoms with Gasteiger partial charge in [-0.25, -0.2) is 0 Å². The molecular weight excluding hydrogens is 202 g/mol. The average molecular weight is 219 g/mol. The van der Waals surface area contributed by atoms with E-state index < -0.39 is 0 Å². The third-order valence-corrected chi connectivity index (χ3v) is 1.87. The molecule has 3 heteroatoms. The van der Waals surface area contributed by atoms with Gasteiger partial charge in [-0.05, 0) is 32.4 Å². The second-order valence-corrected chi connectivity index (χ2v) is 3.75. The number of ether oxygens (including phenoxy) is 1. The molecule has 1 aromatic heterocycles. The summed E-state index contributed by atoms with van der Waals surface area (Å²) >= 11 is 0. The highest BCUT2D eigenvalue weighted by molar-refractivity contribution is 6.04. The molecular formula is C13H17NO2. The predicted octanol–water partition coefficient (Wildman–Crippen LogP) is 3.02. The quantitative estimate of drug-likeness (QED) is 0.564. The predicted molar refractivity (Wildman–Crippen MR) is 63.8 cm³/mol. The number of nitrogens with zero attached hydrogens (tertiary/aromatic N) is 1. The topological polar surface area (TPSA) is 39.2 Å². The summed E-state index contributed by atoms with van der Waals surface area (Å²) in [5, 5.41) is 0. The number of hydrogen-bond acceptors (Lipinski definition) is 3. The lowest BCUT2D eigenvalue weighted by atomic mass is 10.1. The van der Waals surface area contributed by atoms with Crippen molar-refractivity contribution in [2.75, 3.05) is 0 Å². The van der Waals surface area contributed by atoms with Gasteiger partial charge in [-0.1, -0.05) is 13.0 Å². The first-order valence-electron chi connectivity index (χ1n) is 5.46. The van der Waals surface area contributed by atoms with Gasteiger partial charge in [-0.3, -0.25) is 9.78 Å². The summed E-state index contributed by atoms with van der Waals surface area (Å²) in [5.74, 6) is 0.592. The highest BCUT2D eigenvalue weighted by Crippen LogP contribution is 2.13. The summed E-state index contributed by atoms with van der Waals surface area (Å²) in [7, 11) is 0. The largest absolute Gasteiger partial charge is 0.489 e. The molecule has 0 aromatic carbocycles. The molecule has 0 N–H and O–H groups in total. The average Bonchev–Trinajstić information content (AvgIpc) is 2.25. The highest BCUT2D eigenvalue weighted by Gasteiger charge is 2.05. The second kappa shape index (κ2) is 6.05. The molecule has 0 bridgehead atoms. The van der Waals surface area contributed by atoms with Crippen LogP contribution in [-0.2, 0) is 0 Å². The first-order valence-corrected chi connectivity index (χ1v) is 5.46. The van der Waals surface area contributed by atoms with Gasteiger partial charge in [0.1, 0.15) is 5.75 Å². The normalized spacial score (nSPS) is 11.0. The molecule has 0 spiro atoms. The summed E-state index contributed by atoms with van der Waals surface area (Å²) in [4.78, 5) is 15.6. The van der Waals surface area contributed by atoms with Crippen LogP contribution in [0.25, 0.3) is 0 Å². The molecule has 0 saturated carbocycles. The Labute approximate surface area is 96.2 Å². The molecule has 0 saturated heterocycles. The van der Waals surface area contributed by atoms with Crippen LogP contribution in [0, 0.1) is 0 Å². The molecule has 0 fully saturated rings. The van der Waals surface area contributed by atoms with Gasteiger partial charge < -0.3 is 4.74 Å². The zero-order valence-electron chi connectivity index (χ0n) is 9.93. The molecule has 0 aliphatic carbocycles. The number of aromatic nitrogens is 1. The van der Waals surface area contributed by atoms with E-state index in [1.807, 2.05) is 26.8 Å². The maximum absolute atomic E-state index is 11.7. The van der Waals surface area contributed by atoms with Crippen molar-refractivity contribution in [3.05, 3.63) is 36.2 Å². The van der Waals surface area contributed by atoms with Gasteiger partial charge in [0.15, 0.2) is 5.78 Å². The number of allylic oxidation sites excluding steroid dienone is 2. The van der Waals surface area contributed by atoms with Crippen molar-refractivity contribution in [3.63, 3.8) is 0 Å². The molecule has 0 aliphatic heterocycles. The first-order chi connectivity index (χ1) is 7.63. The van der Waals surface area contributed by atoms with E-state index in [1.165, 1.54) is 0 Å². The van der Waals surface area contributed by atoms with Crippen LogP contribution < -0.4 is 4.74 Å². The van der Waals surface area contributed by atoms with E-state index >= 15 is 0 Å². The lowest BCUT2D eigenvalue weighted by molar-refractivity contribution is 0.104. The fourth-order valence-corrected chi connectivity index (χ4v) is 1.21. The Bertz CT molecular complexity index is 383. The summed E-state index contributed by atoms with van der Waals surface area (Å²) in [6.45, 7) is 5.86. The van der Waals surface area contributed by atoms with Gasteiger partial charge in [0.05, 0.1) is 12.3 Å². The molecule has 16 heavy (non-hydrogen) atoms. The third-order valence-electron chi connectivity index (χ3n) is 1.87. The summed E-state index contributed by atoms with van der Waals surface area (Å²) < 4.78 is 5.47. The van der Waals surface area contributed by atoms with Crippen molar-refractivity contribution >= 4 is 5.78 Å². The Morgan fingerprint density at radius 2 is 2.25 bits per heavy atom. The van der Waals surface area contributed by atoms with E-state index in [1.54, 1.807) is 24.5 Å². The fraction of sp³-hybridized carbons (Fsp3) is 0.385. The van der Waals surface area contributed by atoms with Crippen LogP contribution in [0.1, 0.15) is 37.6 Å². The number of pyridine rings is 1. The molecule has 86 valence electrons. The minimum Gasteiger partial charge on any atom is -0.489 e. The molecule has 1 heterocycles. The van der Waals surface area contributed by atoms with E-state index in [2.05, 4.69) is 4.98 Å². The summed E-state index contributed by atoms with van der Waals surface area (Å²) in [6.07, 6.45) is 7.49. The van der Waals surface area contributed by atoms with Gasteiger partial charge in [0.2, 0.25) is 0 Å². The first kappa shape index (κ1) is 12.4. The number of carbonyl (C=O) groups is 1. The molecule has 0 radical (unpaired) electrons. The van der Waals surface area contributed by atoms with E-state index in [-0.39, 0.29) is 11.9 Å². The van der Waals surface area contributed by atoms with Gasteiger partial charge in [0, 0.05) is 11.8 Å². The van der Waals surface area contributed by atoms with Crippen LogP contribution in [0.5, 0.6) is 5.75 Å². The monoisotopic (exact) mass is 219 g/mol. The smallest absolute Gasteiger partial charge is 0.187 e. The molecule has 0 aliphatic rings. The summed E-state index contributed by atoms with van der Waals surface area (Å²) in [5.41, 5.74) is 0.558. The molecule has 0 unspecified atom stereocenters. The molecule has 1 aromatic rings. The maximum atomic E-state index is 11.7. The number of rotatable bonds is 5. The van der Waals surface area contributed by atoms with Crippen molar-refractivity contribution in [2.24, 2.45) is 0 Å². The second-order valence-electron chi connectivity index (χ2n) is 3.75. The van der Waals surface area contributed by atoms with Crippen LogP contribution in [0.15, 0.2) is 30.6 Å². The van der Waals surface area contributed by atoms with Crippen molar-refractivity contribution in [1.82, 2.24) is 4.98 Å². The summed E-state index contributed by atoms with van der Waals surface area (Å²) in [6, 6.07) is 1.72. The van der Waals surface area contributed by atoms with E-state index in [4.69, 9.17) is 4.74 Å². The number of hydrogen-bond donors (Lipinski definition) is 0. The van der Waals surface area contributed by atoms with E-state index in [0.29, 0.717) is 11.3 Å². The van der Waals surface area contributed by atoms with Gasteiger partial charge >= 0.3 is 0 Å². The Morgan fingerprint density at radius 1 is 1.50 bits per heavy atom. The van der Waals surface area contributed by atoms with Crippen LogP contribution in [0.3, 0.4) is 0 Å². The highest BCUT2D eigenvalue weighted by atomic mass is 16.5. The molecule has 0 atom stereocenters. The zero-order valence-corrected chi connectivity index (χ0v) is 9.93. The van der Waals surface area contributed by atoms with Gasteiger partial charge in [0.25, 0.3) is 0 Å². The van der Waals surface area contributed by atoms with Crippen molar-refractivity contribution < 1.29 is 9.53 Å². The Kier molecular flexibility index (Phi) is 4.70.